The summed E-state index contributed by atoms with van der Waals surface area (Å²) in [5.74, 6) is -0.398. The Morgan fingerprint density at radius 2 is 2.16 bits per heavy atom. The van der Waals surface area contributed by atoms with Crippen molar-refractivity contribution in [3.05, 3.63) is 16.8 Å². The van der Waals surface area contributed by atoms with Crippen molar-refractivity contribution in [3.8, 4) is 5.88 Å². The molecule has 100 valence electrons. The highest BCUT2D eigenvalue weighted by Gasteiger charge is 2.22. The van der Waals surface area contributed by atoms with Gasteiger partial charge in [-0.05, 0) is 38.2 Å². The number of carbonyl (C=O) groups is 1. The van der Waals surface area contributed by atoms with Crippen LogP contribution >= 0.6 is 11.3 Å². The fraction of sp³-hybridized carbons (Fsp3) is 0.462. The molecule has 5 nitrogen and oxygen atoms in total. The van der Waals surface area contributed by atoms with E-state index in [9.17, 15) is 4.79 Å². The summed E-state index contributed by atoms with van der Waals surface area (Å²) in [6.07, 6.45) is 6.09. The molecule has 0 bridgehead atoms. The van der Waals surface area contributed by atoms with Gasteiger partial charge in [-0.15, -0.1) is 11.3 Å². The van der Waals surface area contributed by atoms with Crippen LogP contribution in [0.3, 0.4) is 0 Å². The zero-order chi connectivity index (χ0) is 13.4. The Kier molecular flexibility index (Phi) is 3.10. The van der Waals surface area contributed by atoms with E-state index >= 15 is 0 Å². The van der Waals surface area contributed by atoms with Crippen molar-refractivity contribution in [1.29, 1.82) is 0 Å². The van der Waals surface area contributed by atoms with Crippen LogP contribution in [-0.4, -0.2) is 27.1 Å². The van der Waals surface area contributed by atoms with Gasteiger partial charge in [-0.1, -0.05) is 0 Å². The van der Waals surface area contributed by atoms with Crippen LogP contribution in [0.15, 0.2) is 6.33 Å². The van der Waals surface area contributed by atoms with Crippen molar-refractivity contribution < 1.29 is 14.6 Å². The molecule has 0 aromatic carbocycles. The first-order valence-electron chi connectivity index (χ1n) is 6.31. The Balaban J connectivity index is 2.06. The number of carboxylic acid groups (broad SMARTS) is 1. The molecule has 0 aliphatic heterocycles. The molecule has 3 rings (SSSR count). The zero-order valence-electron chi connectivity index (χ0n) is 10.5. The zero-order valence-corrected chi connectivity index (χ0v) is 11.4. The fourth-order valence-electron chi connectivity index (χ4n) is 2.50. The Bertz CT molecular complexity index is 632. The highest BCUT2D eigenvalue weighted by Crippen LogP contribution is 2.35. The molecule has 0 atom stereocenters. The van der Waals surface area contributed by atoms with Crippen LogP contribution in [0.5, 0.6) is 5.88 Å². The van der Waals surface area contributed by atoms with Crippen LogP contribution in [0.4, 0.5) is 0 Å². The lowest BCUT2D eigenvalue weighted by Crippen LogP contribution is -2.12. The van der Waals surface area contributed by atoms with Gasteiger partial charge < -0.3 is 9.84 Å². The number of aryl methyl sites for hydroxylation is 1. The molecule has 0 radical (unpaired) electrons. The minimum Gasteiger partial charge on any atom is -0.477 e. The highest BCUT2D eigenvalue weighted by atomic mass is 32.1. The number of carboxylic acids is 1. The van der Waals surface area contributed by atoms with Crippen LogP contribution < -0.4 is 4.74 Å². The van der Waals surface area contributed by atoms with Crippen LogP contribution in [0.2, 0.25) is 0 Å². The summed E-state index contributed by atoms with van der Waals surface area (Å²) >= 11 is 1.17. The molecule has 2 heterocycles. The Hall–Kier alpha value is -1.69. The lowest BCUT2D eigenvalue weighted by atomic mass is 10.2. The third kappa shape index (κ3) is 2.16. The number of fused-ring (bicyclic) bond motifs is 1. The smallest absolute Gasteiger partial charge is 0.346 e. The molecule has 1 N–H and O–H groups in total. The highest BCUT2D eigenvalue weighted by molar-refractivity contribution is 7.20. The summed E-state index contributed by atoms with van der Waals surface area (Å²) < 4.78 is 5.93. The van der Waals surface area contributed by atoms with Crippen molar-refractivity contribution in [2.24, 2.45) is 0 Å². The Morgan fingerprint density at radius 3 is 2.84 bits per heavy atom. The van der Waals surface area contributed by atoms with E-state index in [0.717, 1.165) is 18.2 Å². The predicted octanol–water partition coefficient (Wildman–Crippen LogP) is 3.02. The maximum atomic E-state index is 11.2. The summed E-state index contributed by atoms with van der Waals surface area (Å²) in [4.78, 5) is 20.5. The van der Waals surface area contributed by atoms with E-state index in [2.05, 4.69) is 9.97 Å². The normalized spacial score (nSPS) is 16.1. The number of hydrogen-bond donors (Lipinski definition) is 1. The number of hydrogen-bond acceptors (Lipinski definition) is 5. The minimum atomic E-state index is -0.924. The summed E-state index contributed by atoms with van der Waals surface area (Å²) in [5.41, 5.74) is 0.695. The van der Waals surface area contributed by atoms with E-state index in [1.54, 1.807) is 6.92 Å². The van der Waals surface area contributed by atoms with E-state index in [1.807, 2.05) is 0 Å². The Labute approximate surface area is 114 Å². The van der Waals surface area contributed by atoms with Gasteiger partial charge in [0.1, 0.15) is 22.1 Å². The van der Waals surface area contributed by atoms with Gasteiger partial charge in [-0.25, -0.2) is 14.8 Å². The van der Waals surface area contributed by atoms with Crippen molar-refractivity contribution in [1.82, 2.24) is 9.97 Å². The first kappa shape index (κ1) is 12.3. The summed E-state index contributed by atoms with van der Waals surface area (Å²) in [5, 5.41) is 9.91. The van der Waals surface area contributed by atoms with Gasteiger partial charge in [0.25, 0.3) is 0 Å². The van der Waals surface area contributed by atoms with E-state index in [1.165, 1.54) is 30.5 Å². The average molecular weight is 278 g/mol. The van der Waals surface area contributed by atoms with Gasteiger partial charge >= 0.3 is 5.97 Å². The molecule has 1 aliphatic rings. The number of nitrogens with zero attached hydrogens (tertiary/aromatic N) is 2. The van der Waals surface area contributed by atoms with Gasteiger partial charge in [0.15, 0.2) is 0 Å². The van der Waals surface area contributed by atoms with Gasteiger partial charge in [0.2, 0.25) is 5.88 Å². The number of thiophene rings is 1. The first-order valence-corrected chi connectivity index (χ1v) is 7.12. The second-order valence-corrected chi connectivity index (χ2v) is 5.74. The molecule has 0 unspecified atom stereocenters. The molecule has 0 amide bonds. The standard InChI is InChI=1S/C13H14N2O3S/c1-7-9-11(18-8-4-2-3-5-8)14-6-15-12(9)19-10(7)13(16)17/h6,8H,2-5H2,1H3,(H,16,17). The topological polar surface area (TPSA) is 72.3 Å². The SMILES string of the molecule is Cc1c(C(=O)O)sc2ncnc(OC3CCCC3)c12. The van der Waals surface area contributed by atoms with Gasteiger partial charge in [-0.3, -0.25) is 0 Å². The molecular weight excluding hydrogens is 264 g/mol. The van der Waals surface area contributed by atoms with Gasteiger partial charge in [-0.2, -0.15) is 0 Å². The molecule has 6 heteroatoms. The minimum absolute atomic E-state index is 0.200. The maximum Gasteiger partial charge on any atom is 0.346 e. The summed E-state index contributed by atoms with van der Waals surface area (Å²) in [7, 11) is 0. The average Bonchev–Trinajstić information content (AvgIpc) is 2.98. The summed E-state index contributed by atoms with van der Waals surface area (Å²) in [6, 6.07) is 0. The van der Waals surface area contributed by atoms with Crippen molar-refractivity contribution >= 4 is 27.5 Å². The van der Waals surface area contributed by atoms with Crippen molar-refractivity contribution in [3.63, 3.8) is 0 Å². The second-order valence-electron chi connectivity index (χ2n) is 4.74. The van der Waals surface area contributed by atoms with E-state index in [-0.39, 0.29) is 6.10 Å². The summed E-state index contributed by atoms with van der Waals surface area (Å²) in [6.45, 7) is 1.78. The molecule has 2 aromatic rings. The third-order valence-corrected chi connectivity index (χ3v) is 4.65. The van der Waals surface area contributed by atoms with Crippen molar-refractivity contribution in [2.45, 2.75) is 38.7 Å². The lowest BCUT2D eigenvalue weighted by molar-refractivity contribution is 0.0701. The lowest BCUT2D eigenvalue weighted by Gasteiger charge is -2.12. The number of aromatic carboxylic acids is 1. The second kappa shape index (κ2) is 4.77. The molecular formula is C13H14N2O3S. The largest absolute Gasteiger partial charge is 0.477 e. The number of rotatable bonds is 3. The molecule has 1 fully saturated rings. The molecule has 0 saturated heterocycles. The fourth-order valence-corrected chi connectivity index (χ4v) is 3.47. The van der Waals surface area contributed by atoms with Crippen molar-refractivity contribution in [2.75, 3.05) is 0 Å². The van der Waals surface area contributed by atoms with Gasteiger partial charge in [0.05, 0.1) is 5.39 Å². The van der Waals surface area contributed by atoms with Crippen LogP contribution in [-0.2, 0) is 0 Å². The van der Waals surface area contributed by atoms with Crippen LogP contribution in [0.25, 0.3) is 10.2 Å². The monoisotopic (exact) mass is 278 g/mol. The molecule has 1 saturated carbocycles. The van der Waals surface area contributed by atoms with Gasteiger partial charge in [0, 0.05) is 0 Å². The third-order valence-electron chi connectivity index (χ3n) is 3.47. The molecule has 0 spiro atoms. The van der Waals surface area contributed by atoms with E-state index in [4.69, 9.17) is 9.84 Å². The first-order chi connectivity index (χ1) is 9.16. The molecule has 19 heavy (non-hydrogen) atoms. The Morgan fingerprint density at radius 1 is 1.42 bits per heavy atom. The number of ether oxygens (including phenoxy) is 1. The molecule has 2 aromatic heterocycles. The quantitative estimate of drug-likeness (QED) is 0.934. The predicted molar refractivity (Wildman–Crippen MR) is 72.0 cm³/mol. The van der Waals surface area contributed by atoms with E-state index in [0.29, 0.717) is 21.2 Å². The van der Waals surface area contributed by atoms with Crippen LogP contribution in [0.1, 0.15) is 40.9 Å². The maximum absolute atomic E-state index is 11.2. The number of aromatic nitrogens is 2. The van der Waals surface area contributed by atoms with Crippen LogP contribution in [0, 0.1) is 6.92 Å². The van der Waals surface area contributed by atoms with E-state index < -0.39 is 5.97 Å². The molecule has 1 aliphatic carbocycles.